The van der Waals surface area contributed by atoms with Gasteiger partial charge in [0.05, 0.1) is 0 Å². The Labute approximate surface area is 110 Å². The van der Waals surface area contributed by atoms with Gasteiger partial charge in [0.1, 0.15) is 0 Å². The second-order valence-electron chi connectivity index (χ2n) is 5.45. The van der Waals surface area contributed by atoms with Crippen molar-refractivity contribution in [3.8, 4) is 0 Å². The van der Waals surface area contributed by atoms with Crippen LogP contribution in [0.1, 0.15) is 59.8 Å². The molecule has 1 fully saturated rings. The van der Waals surface area contributed by atoms with E-state index >= 15 is 0 Å². The van der Waals surface area contributed by atoms with Crippen LogP contribution in [0, 0.1) is 17.3 Å². The Bertz CT molecular complexity index is 319. The van der Waals surface area contributed by atoms with Crippen LogP contribution in [0.5, 0.6) is 0 Å². The van der Waals surface area contributed by atoms with Gasteiger partial charge >= 0.3 is 6.03 Å². The molecular formula is C14H27N3O. The molecule has 2 unspecified atom stereocenters. The molecule has 4 heteroatoms. The molecule has 0 aliphatic heterocycles. The SMILES string of the molecule is CCCC1(CCC)C(CC)C1C(C)=NNC(N)=O. The maximum Gasteiger partial charge on any atom is 0.332 e. The molecule has 0 aromatic carbocycles. The predicted molar refractivity (Wildman–Crippen MR) is 75.3 cm³/mol. The quantitative estimate of drug-likeness (QED) is 0.530. The van der Waals surface area contributed by atoms with E-state index in [1.165, 1.54) is 32.1 Å². The van der Waals surface area contributed by atoms with E-state index in [1.54, 1.807) is 0 Å². The Hall–Kier alpha value is -1.06. The Morgan fingerprint density at radius 3 is 2.22 bits per heavy atom. The van der Waals surface area contributed by atoms with Gasteiger partial charge in [-0.05, 0) is 31.1 Å². The number of nitrogens with zero attached hydrogens (tertiary/aromatic N) is 1. The molecule has 0 aromatic heterocycles. The van der Waals surface area contributed by atoms with Crippen molar-refractivity contribution in [2.75, 3.05) is 0 Å². The summed E-state index contributed by atoms with van der Waals surface area (Å²) in [6.45, 7) is 8.75. The normalized spacial score (nSPS) is 25.9. The number of hydrazone groups is 1. The molecule has 2 amide bonds. The largest absolute Gasteiger partial charge is 0.350 e. The highest BCUT2D eigenvalue weighted by molar-refractivity contribution is 5.89. The van der Waals surface area contributed by atoms with Gasteiger partial charge in [0.15, 0.2) is 0 Å². The minimum Gasteiger partial charge on any atom is -0.350 e. The highest BCUT2D eigenvalue weighted by atomic mass is 16.2. The molecule has 0 saturated heterocycles. The smallest absolute Gasteiger partial charge is 0.332 e. The molecule has 1 saturated carbocycles. The van der Waals surface area contributed by atoms with Gasteiger partial charge in [-0.3, -0.25) is 0 Å². The van der Waals surface area contributed by atoms with Gasteiger partial charge in [-0.1, -0.05) is 40.0 Å². The molecule has 18 heavy (non-hydrogen) atoms. The third kappa shape index (κ3) is 2.85. The summed E-state index contributed by atoms with van der Waals surface area (Å²) in [6.07, 6.45) is 6.13. The number of amides is 2. The molecule has 0 radical (unpaired) electrons. The Morgan fingerprint density at radius 1 is 1.28 bits per heavy atom. The van der Waals surface area contributed by atoms with Crippen molar-refractivity contribution in [1.82, 2.24) is 5.43 Å². The van der Waals surface area contributed by atoms with Crippen molar-refractivity contribution in [2.24, 2.45) is 28.1 Å². The van der Waals surface area contributed by atoms with Crippen LogP contribution < -0.4 is 11.2 Å². The van der Waals surface area contributed by atoms with E-state index in [0.717, 1.165) is 11.6 Å². The average Bonchev–Trinajstić information content (AvgIpc) is 2.94. The number of nitrogens with two attached hydrogens (primary N) is 1. The molecule has 1 rings (SSSR count). The van der Waals surface area contributed by atoms with E-state index in [0.29, 0.717) is 11.3 Å². The van der Waals surface area contributed by atoms with Gasteiger partial charge in [-0.25, -0.2) is 10.2 Å². The number of rotatable bonds is 7. The van der Waals surface area contributed by atoms with E-state index in [9.17, 15) is 4.79 Å². The first-order valence-corrected chi connectivity index (χ1v) is 7.13. The highest BCUT2D eigenvalue weighted by Gasteiger charge is 2.62. The molecule has 0 heterocycles. The molecular weight excluding hydrogens is 226 g/mol. The van der Waals surface area contributed by atoms with Crippen molar-refractivity contribution in [3.63, 3.8) is 0 Å². The molecule has 0 bridgehead atoms. The number of hydrogen-bond donors (Lipinski definition) is 2. The second-order valence-corrected chi connectivity index (χ2v) is 5.45. The fraction of sp³-hybridized carbons (Fsp3) is 0.857. The number of carbonyl (C=O) groups is 1. The number of nitrogens with one attached hydrogen (secondary N) is 1. The van der Waals surface area contributed by atoms with Crippen LogP contribution in [0.4, 0.5) is 4.79 Å². The van der Waals surface area contributed by atoms with Gasteiger partial charge in [-0.15, -0.1) is 0 Å². The highest BCUT2D eigenvalue weighted by Crippen LogP contribution is 2.66. The fourth-order valence-corrected chi connectivity index (χ4v) is 3.88. The molecule has 2 atom stereocenters. The van der Waals surface area contributed by atoms with E-state index in [4.69, 9.17) is 5.73 Å². The van der Waals surface area contributed by atoms with E-state index < -0.39 is 6.03 Å². The summed E-state index contributed by atoms with van der Waals surface area (Å²) in [7, 11) is 0. The van der Waals surface area contributed by atoms with Crippen molar-refractivity contribution >= 4 is 11.7 Å². The monoisotopic (exact) mass is 253 g/mol. The third-order valence-corrected chi connectivity index (χ3v) is 4.31. The van der Waals surface area contributed by atoms with Crippen LogP contribution in [-0.2, 0) is 0 Å². The lowest BCUT2D eigenvalue weighted by molar-refractivity contribution is 0.249. The van der Waals surface area contributed by atoms with Gasteiger partial charge in [0.25, 0.3) is 0 Å². The van der Waals surface area contributed by atoms with Gasteiger partial charge in [0.2, 0.25) is 0 Å². The number of urea groups is 1. The van der Waals surface area contributed by atoms with Gasteiger partial charge in [0, 0.05) is 11.6 Å². The van der Waals surface area contributed by atoms with E-state index in [-0.39, 0.29) is 0 Å². The third-order valence-electron chi connectivity index (χ3n) is 4.31. The lowest BCUT2D eigenvalue weighted by Gasteiger charge is -2.16. The van der Waals surface area contributed by atoms with Crippen LogP contribution in [0.3, 0.4) is 0 Å². The Morgan fingerprint density at radius 2 is 1.83 bits per heavy atom. The summed E-state index contributed by atoms with van der Waals surface area (Å²) < 4.78 is 0. The molecule has 1 aliphatic carbocycles. The summed E-state index contributed by atoms with van der Waals surface area (Å²) in [5.41, 5.74) is 8.87. The zero-order chi connectivity index (χ0) is 13.8. The van der Waals surface area contributed by atoms with Crippen molar-refractivity contribution in [3.05, 3.63) is 0 Å². The minimum absolute atomic E-state index is 0.422. The summed E-state index contributed by atoms with van der Waals surface area (Å²) >= 11 is 0. The number of hydrogen-bond acceptors (Lipinski definition) is 2. The van der Waals surface area contributed by atoms with Crippen LogP contribution in [-0.4, -0.2) is 11.7 Å². The van der Waals surface area contributed by atoms with Crippen LogP contribution in [0.15, 0.2) is 5.10 Å². The van der Waals surface area contributed by atoms with E-state index in [2.05, 4.69) is 31.3 Å². The van der Waals surface area contributed by atoms with Crippen molar-refractivity contribution in [2.45, 2.75) is 59.8 Å². The lowest BCUT2D eigenvalue weighted by Crippen LogP contribution is -2.26. The van der Waals surface area contributed by atoms with Gasteiger partial charge in [-0.2, -0.15) is 5.10 Å². The van der Waals surface area contributed by atoms with Crippen LogP contribution in [0.2, 0.25) is 0 Å². The maximum atomic E-state index is 10.7. The first-order valence-electron chi connectivity index (χ1n) is 7.13. The average molecular weight is 253 g/mol. The molecule has 3 N–H and O–H groups in total. The fourth-order valence-electron chi connectivity index (χ4n) is 3.88. The zero-order valence-electron chi connectivity index (χ0n) is 12.1. The molecule has 0 spiro atoms. The topological polar surface area (TPSA) is 67.5 Å². The van der Waals surface area contributed by atoms with Crippen molar-refractivity contribution < 1.29 is 4.79 Å². The number of carbonyl (C=O) groups excluding carboxylic acids is 1. The summed E-state index contributed by atoms with van der Waals surface area (Å²) in [5.74, 6) is 1.24. The standard InChI is InChI=1S/C14H27N3O/c1-5-8-14(9-6-2)11(7-3)12(14)10(4)16-17-13(15)18/h11-12H,5-9H2,1-4H3,(H3,15,17,18). The maximum absolute atomic E-state index is 10.7. The summed E-state index contributed by atoms with van der Waals surface area (Å²) in [5, 5.41) is 4.14. The predicted octanol–water partition coefficient (Wildman–Crippen LogP) is 3.27. The lowest BCUT2D eigenvalue weighted by atomic mass is 9.89. The van der Waals surface area contributed by atoms with E-state index in [1.807, 2.05) is 6.92 Å². The molecule has 1 aliphatic rings. The Kier molecular flexibility index (Phi) is 5.17. The Balaban J connectivity index is 2.80. The molecule has 0 aromatic rings. The number of primary amides is 1. The first kappa shape index (κ1) is 15.0. The van der Waals surface area contributed by atoms with Crippen LogP contribution >= 0.6 is 0 Å². The summed E-state index contributed by atoms with van der Waals surface area (Å²) in [6, 6.07) is -0.584. The second kappa shape index (κ2) is 6.21. The van der Waals surface area contributed by atoms with Gasteiger partial charge < -0.3 is 5.73 Å². The zero-order valence-corrected chi connectivity index (χ0v) is 12.1. The van der Waals surface area contributed by atoms with Crippen LogP contribution in [0.25, 0.3) is 0 Å². The summed E-state index contributed by atoms with van der Waals surface area (Å²) in [4.78, 5) is 10.7. The molecule has 104 valence electrons. The molecule has 4 nitrogen and oxygen atoms in total. The minimum atomic E-state index is -0.584. The first-order chi connectivity index (χ1) is 8.53. The van der Waals surface area contributed by atoms with Crippen molar-refractivity contribution in [1.29, 1.82) is 0 Å².